The smallest absolute Gasteiger partial charge is 0.235 e. The van der Waals surface area contributed by atoms with Gasteiger partial charge in [0.2, 0.25) is 5.91 Å². The topological polar surface area (TPSA) is 55.6 Å². The molecule has 0 bridgehead atoms. The lowest BCUT2D eigenvalue weighted by molar-refractivity contribution is -0.137. The van der Waals surface area contributed by atoms with Gasteiger partial charge in [-0.3, -0.25) is 9.69 Å². The van der Waals surface area contributed by atoms with Gasteiger partial charge in [0.05, 0.1) is 6.04 Å². The van der Waals surface area contributed by atoms with Crippen molar-refractivity contribution in [2.45, 2.75) is 45.2 Å². The molecule has 4 nitrogen and oxygen atoms in total. The molecule has 1 aromatic rings. The summed E-state index contributed by atoms with van der Waals surface area (Å²) in [5, 5.41) is 0. The van der Waals surface area contributed by atoms with Crippen molar-refractivity contribution < 1.29 is 9.53 Å². The molecule has 2 N–H and O–H groups in total. The number of hydrogen-bond acceptors (Lipinski definition) is 4. The largest absolute Gasteiger partial charge is 0.381 e. The van der Waals surface area contributed by atoms with Gasteiger partial charge in [-0.05, 0) is 56.7 Å². The van der Waals surface area contributed by atoms with Crippen LogP contribution < -0.4 is 5.73 Å². The first-order chi connectivity index (χ1) is 10.1. The van der Waals surface area contributed by atoms with Crippen molar-refractivity contribution >= 4 is 17.2 Å². The van der Waals surface area contributed by atoms with E-state index in [1.807, 2.05) is 11.3 Å². The van der Waals surface area contributed by atoms with E-state index in [2.05, 4.69) is 24.0 Å². The Kier molecular flexibility index (Phi) is 4.33. The molecule has 0 radical (unpaired) electrons. The Morgan fingerprint density at radius 1 is 1.43 bits per heavy atom. The van der Waals surface area contributed by atoms with E-state index in [9.17, 15) is 4.79 Å². The third-order valence-corrected chi connectivity index (χ3v) is 5.96. The number of rotatable bonds is 3. The van der Waals surface area contributed by atoms with Crippen LogP contribution in [-0.4, -0.2) is 36.6 Å². The molecule has 21 heavy (non-hydrogen) atoms. The minimum Gasteiger partial charge on any atom is -0.381 e. The Bertz CT molecular complexity index is 503. The summed E-state index contributed by atoms with van der Waals surface area (Å²) in [6.07, 6.45) is 4.17. The summed E-state index contributed by atoms with van der Waals surface area (Å²) < 4.78 is 5.51. The number of piperidine rings is 1. The zero-order valence-electron chi connectivity index (χ0n) is 12.6. The summed E-state index contributed by atoms with van der Waals surface area (Å²) in [5.74, 6) is -0.162. The van der Waals surface area contributed by atoms with Gasteiger partial charge in [0.25, 0.3) is 0 Å². The molecule has 0 aromatic carbocycles. The van der Waals surface area contributed by atoms with Gasteiger partial charge in [0.1, 0.15) is 0 Å². The summed E-state index contributed by atoms with van der Waals surface area (Å²) in [4.78, 5) is 17.1. The van der Waals surface area contributed by atoms with Crippen molar-refractivity contribution in [3.05, 3.63) is 21.9 Å². The first-order valence-electron chi connectivity index (χ1n) is 7.77. The normalized spacial score (nSPS) is 26.0. The van der Waals surface area contributed by atoms with E-state index in [0.29, 0.717) is 0 Å². The number of aryl methyl sites for hydroxylation is 1. The lowest BCUT2D eigenvalue weighted by atomic mass is 9.67. The predicted octanol–water partition coefficient (Wildman–Crippen LogP) is 2.30. The maximum absolute atomic E-state index is 12.2. The summed E-state index contributed by atoms with van der Waals surface area (Å²) in [6, 6.07) is 4.18. The van der Waals surface area contributed by atoms with Crippen LogP contribution in [0.4, 0.5) is 0 Å². The van der Waals surface area contributed by atoms with Gasteiger partial charge in [0.15, 0.2) is 0 Å². The highest BCUT2D eigenvalue weighted by atomic mass is 32.1. The first kappa shape index (κ1) is 15.0. The van der Waals surface area contributed by atoms with Gasteiger partial charge < -0.3 is 10.5 Å². The number of ether oxygens (including phenoxy) is 1. The number of hydrogen-bond donors (Lipinski definition) is 1. The van der Waals surface area contributed by atoms with Crippen LogP contribution in [0.3, 0.4) is 0 Å². The van der Waals surface area contributed by atoms with E-state index >= 15 is 0 Å². The number of carbonyl (C=O) groups is 1. The Morgan fingerprint density at radius 3 is 2.81 bits per heavy atom. The number of nitrogens with two attached hydrogens (primary N) is 1. The molecule has 3 rings (SSSR count). The monoisotopic (exact) mass is 308 g/mol. The first-order valence-corrected chi connectivity index (χ1v) is 8.59. The van der Waals surface area contributed by atoms with E-state index in [-0.39, 0.29) is 17.4 Å². The Morgan fingerprint density at radius 2 is 2.19 bits per heavy atom. The molecular weight excluding hydrogens is 284 g/mol. The van der Waals surface area contributed by atoms with Gasteiger partial charge in [-0.25, -0.2) is 0 Å². The fraction of sp³-hybridized carbons (Fsp3) is 0.688. The molecule has 116 valence electrons. The van der Waals surface area contributed by atoms with Crippen molar-refractivity contribution in [2.75, 3.05) is 19.8 Å². The number of likely N-dealkylation sites (tertiary alicyclic amines) is 1. The second-order valence-electron chi connectivity index (χ2n) is 6.37. The lowest BCUT2D eigenvalue weighted by Gasteiger charge is -2.50. The molecule has 3 heterocycles. The molecular formula is C16H24N2O2S. The number of primary amides is 1. The van der Waals surface area contributed by atoms with Gasteiger partial charge in [0, 0.05) is 29.5 Å². The van der Waals surface area contributed by atoms with Gasteiger partial charge in [-0.2, -0.15) is 0 Å². The highest BCUT2D eigenvalue weighted by molar-refractivity contribution is 7.11. The molecule has 1 amide bonds. The Balaban J connectivity index is 1.82. The Labute approximate surface area is 130 Å². The maximum Gasteiger partial charge on any atom is 0.235 e. The minimum absolute atomic E-state index is 0.0363. The van der Waals surface area contributed by atoms with Crippen molar-refractivity contribution in [2.24, 2.45) is 11.1 Å². The van der Waals surface area contributed by atoms with Crippen LogP contribution in [-0.2, 0) is 16.1 Å². The molecule has 1 unspecified atom stereocenters. The van der Waals surface area contributed by atoms with Gasteiger partial charge >= 0.3 is 0 Å². The number of nitrogens with zero attached hydrogens (tertiary/aromatic N) is 1. The number of carbonyl (C=O) groups excluding carboxylic acids is 1. The van der Waals surface area contributed by atoms with Crippen LogP contribution in [0.15, 0.2) is 12.1 Å². The molecule has 2 fully saturated rings. The molecule has 1 atom stereocenters. The van der Waals surface area contributed by atoms with E-state index in [0.717, 1.165) is 52.0 Å². The molecule has 5 heteroatoms. The fourth-order valence-corrected chi connectivity index (χ4v) is 4.93. The number of thiophene rings is 1. The predicted molar refractivity (Wildman–Crippen MR) is 84.2 cm³/mol. The summed E-state index contributed by atoms with van der Waals surface area (Å²) in [6.45, 7) is 5.45. The van der Waals surface area contributed by atoms with Crippen LogP contribution in [0.25, 0.3) is 0 Å². The van der Waals surface area contributed by atoms with Crippen LogP contribution in [0.1, 0.15) is 35.4 Å². The van der Waals surface area contributed by atoms with E-state index < -0.39 is 0 Å². The second-order valence-corrected chi connectivity index (χ2v) is 7.74. The Hall–Kier alpha value is -0.910. The summed E-state index contributed by atoms with van der Waals surface area (Å²) in [5.41, 5.74) is 5.84. The lowest BCUT2D eigenvalue weighted by Crippen LogP contribution is -2.59. The van der Waals surface area contributed by atoms with E-state index in [1.54, 1.807) is 0 Å². The SMILES string of the molecule is Cc1ccc(CN2CCCC3(CCOCC3)C2C(N)=O)s1. The quantitative estimate of drug-likeness (QED) is 0.932. The van der Waals surface area contributed by atoms with Crippen molar-refractivity contribution in [3.63, 3.8) is 0 Å². The van der Waals surface area contributed by atoms with Crippen LogP contribution in [0.5, 0.6) is 0 Å². The molecule has 0 aliphatic carbocycles. The van der Waals surface area contributed by atoms with Crippen molar-refractivity contribution in [1.82, 2.24) is 4.90 Å². The molecule has 0 saturated carbocycles. The molecule has 1 aromatic heterocycles. The standard InChI is InChI=1S/C16H24N2O2S/c1-12-3-4-13(21-12)11-18-8-2-5-16(14(18)15(17)19)6-9-20-10-7-16/h3-4,14H,2,5-11H2,1H3,(H2,17,19). The van der Waals surface area contributed by atoms with Crippen LogP contribution in [0, 0.1) is 12.3 Å². The van der Waals surface area contributed by atoms with E-state index in [1.165, 1.54) is 9.75 Å². The van der Waals surface area contributed by atoms with Gasteiger partial charge in [-0.1, -0.05) is 0 Å². The fourth-order valence-electron chi connectivity index (χ4n) is 4.01. The van der Waals surface area contributed by atoms with Crippen LogP contribution >= 0.6 is 11.3 Å². The van der Waals surface area contributed by atoms with Crippen molar-refractivity contribution in [3.8, 4) is 0 Å². The zero-order valence-corrected chi connectivity index (χ0v) is 13.5. The highest BCUT2D eigenvalue weighted by Crippen LogP contribution is 2.44. The average Bonchev–Trinajstić information content (AvgIpc) is 2.84. The summed E-state index contributed by atoms with van der Waals surface area (Å²) >= 11 is 1.81. The highest BCUT2D eigenvalue weighted by Gasteiger charge is 2.48. The molecule has 1 spiro atoms. The zero-order chi connectivity index (χ0) is 14.9. The molecule has 2 aliphatic heterocycles. The van der Waals surface area contributed by atoms with Gasteiger partial charge in [-0.15, -0.1) is 11.3 Å². The third-order valence-electron chi connectivity index (χ3n) is 4.98. The van der Waals surface area contributed by atoms with Crippen molar-refractivity contribution in [1.29, 1.82) is 0 Å². The van der Waals surface area contributed by atoms with E-state index in [4.69, 9.17) is 10.5 Å². The average molecular weight is 308 g/mol. The summed E-state index contributed by atoms with van der Waals surface area (Å²) in [7, 11) is 0. The molecule has 2 aliphatic rings. The maximum atomic E-state index is 12.2. The third kappa shape index (κ3) is 3.00. The molecule has 2 saturated heterocycles. The minimum atomic E-state index is -0.162. The second kappa shape index (κ2) is 6.07. The van der Waals surface area contributed by atoms with Crippen LogP contribution in [0.2, 0.25) is 0 Å². The number of amides is 1.